The number of hydrogen-bond acceptors (Lipinski definition) is 5. The Hall–Kier alpha value is -1.77. The molecule has 0 N–H and O–H groups in total. The molecule has 0 radical (unpaired) electrons. The van der Waals surface area contributed by atoms with Gasteiger partial charge in [0.25, 0.3) is 0 Å². The van der Waals surface area contributed by atoms with Gasteiger partial charge in [0.1, 0.15) is 16.8 Å². The monoisotopic (exact) mass is 302 g/mol. The van der Waals surface area contributed by atoms with Crippen LogP contribution >= 0.6 is 23.1 Å². The predicted molar refractivity (Wildman–Crippen MR) is 85.1 cm³/mol. The first kappa shape index (κ1) is 14.6. The van der Waals surface area contributed by atoms with E-state index < -0.39 is 0 Å². The molecule has 0 amide bonds. The molecule has 2 rings (SSSR count). The number of nitriles is 1. The number of aromatic nitrogens is 1. The van der Waals surface area contributed by atoms with Gasteiger partial charge in [0.2, 0.25) is 0 Å². The second-order valence-corrected chi connectivity index (χ2v) is 5.78. The van der Waals surface area contributed by atoms with E-state index in [2.05, 4.69) is 11.1 Å². The van der Waals surface area contributed by atoms with Crippen LogP contribution in [-0.2, 0) is 0 Å². The van der Waals surface area contributed by atoms with Crippen molar-refractivity contribution in [3.05, 3.63) is 39.8 Å². The molecule has 1 aromatic heterocycles. The summed E-state index contributed by atoms with van der Waals surface area (Å²) < 4.78 is 5.36. The molecule has 0 saturated carbocycles. The molecule has 0 aliphatic rings. The molecule has 0 fully saturated rings. The van der Waals surface area contributed by atoms with Crippen LogP contribution in [0.15, 0.2) is 28.5 Å². The highest BCUT2D eigenvalue weighted by molar-refractivity contribution is 7.98. The van der Waals surface area contributed by atoms with Crippen LogP contribution in [0.3, 0.4) is 0 Å². The van der Waals surface area contributed by atoms with Gasteiger partial charge in [-0.05, 0) is 37.0 Å². The van der Waals surface area contributed by atoms with E-state index in [0.29, 0.717) is 5.57 Å². The highest BCUT2D eigenvalue weighted by Crippen LogP contribution is 2.30. The number of aryl methyl sites for hydroxylation is 1. The highest BCUT2D eigenvalue weighted by Gasteiger charge is 2.07. The van der Waals surface area contributed by atoms with Crippen LogP contribution in [0.5, 0.6) is 5.75 Å². The maximum absolute atomic E-state index is 9.29. The van der Waals surface area contributed by atoms with Crippen molar-refractivity contribution in [2.75, 3.05) is 13.4 Å². The van der Waals surface area contributed by atoms with Crippen LogP contribution in [0.2, 0.25) is 0 Å². The van der Waals surface area contributed by atoms with Gasteiger partial charge in [0.05, 0.1) is 12.7 Å². The van der Waals surface area contributed by atoms with E-state index in [-0.39, 0.29) is 0 Å². The van der Waals surface area contributed by atoms with Crippen LogP contribution in [0.1, 0.15) is 16.3 Å². The Labute approximate surface area is 126 Å². The molecule has 1 aromatic carbocycles. The van der Waals surface area contributed by atoms with Gasteiger partial charge in [-0.25, -0.2) is 4.98 Å². The molecule has 0 bridgehead atoms. The van der Waals surface area contributed by atoms with E-state index in [0.717, 1.165) is 26.9 Å². The molecule has 5 heteroatoms. The van der Waals surface area contributed by atoms with E-state index in [1.165, 1.54) is 11.3 Å². The van der Waals surface area contributed by atoms with E-state index in [1.54, 1.807) is 18.9 Å². The van der Waals surface area contributed by atoms with Crippen LogP contribution < -0.4 is 4.74 Å². The maximum atomic E-state index is 9.29. The number of thioether (sulfide) groups is 1. The van der Waals surface area contributed by atoms with Crippen LogP contribution in [-0.4, -0.2) is 18.3 Å². The third-order valence-electron chi connectivity index (χ3n) is 2.69. The zero-order valence-electron chi connectivity index (χ0n) is 11.5. The van der Waals surface area contributed by atoms with Gasteiger partial charge in [-0.1, -0.05) is 6.07 Å². The van der Waals surface area contributed by atoms with Crippen molar-refractivity contribution in [1.82, 2.24) is 4.98 Å². The number of methoxy groups -OCH3 is 1. The highest BCUT2D eigenvalue weighted by atomic mass is 32.2. The van der Waals surface area contributed by atoms with Gasteiger partial charge in [-0.15, -0.1) is 23.1 Å². The number of ether oxygens (including phenoxy) is 1. The lowest BCUT2D eigenvalue weighted by molar-refractivity contribution is 0.405. The zero-order chi connectivity index (χ0) is 14.5. The molecule has 0 atom stereocenters. The minimum absolute atomic E-state index is 0.571. The lowest BCUT2D eigenvalue weighted by atomic mass is 10.1. The number of rotatable bonds is 4. The van der Waals surface area contributed by atoms with Crippen LogP contribution in [0.25, 0.3) is 11.6 Å². The molecule has 0 aliphatic heterocycles. The second-order valence-electron chi connectivity index (χ2n) is 4.08. The standard InChI is InChI=1S/C15H14N2OS2/c1-10-9-20-15(17-10)12(8-16)6-11-4-5-14(19-3)13(7-11)18-2/h4-7,9H,1-3H3/b12-6+. The fraction of sp³-hybridized carbons (Fsp3) is 0.200. The number of benzene rings is 1. The number of thiazole rings is 1. The van der Waals surface area contributed by atoms with Crippen molar-refractivity contribution < 1.29 is 4.74 Å². The molecule has 102 valence electrons. The lowest BCUT2D eigenvalue weighted by Crippen LogP contribution is -1.87. The van der Waals surface area contributed by atoms with Gasteiger partial charge >= 0.3 is 0 Å². The van der Waals surface area contributed by atoms with Crippen molar-refractivity contribution in [2.45, 2.75) is 11.8 Å². The summed E-state index contributed by atoms with van der Waals surface area (Å²) >= 11 is 3.11. The van der Waals surface area contributed by atoms with Crippen molar-refractivity contribution in [2.24, 2.45) is 0 Å². The first-order valence-electron chi connectivity index (χ1n) is 5.94. The molecule has 0 saturated heterocycles. The molecule has 0 aliphatic carbocycles. The molecule has 0 unspecified atom stereocenters. The second kappa shape index (κ2) is 6.60. The molecule has 1 heterocycles. The van der Waals surface area contributed by atoms with Crippen LogP contribution in [0.4, 0.5) is 0 Å². The fourth-order valence-electron chi connectivity index (χ4n) is 1.73. The third-order valence-corrected chi connectivity index (χ3v) is 4.46. The van der Waals surface area contributed by atoms with Gasteiger partial charge < -0.3 is 4.74 Å². The summed E-state index contributed by atoms with van der Waals surface area (Å²) in [6, 6.07) is 8.12. The smallest absolute Gasteiger partial charge is 0.134 e. The Morgan fingerprint density at radius 3 is 2.85 bits per heavy atom. The topological polar surface area (TPSA) is 45.9 Å². The van der Waals surface area contributed by atoms with E-state index in [9.17, 15) is 5.26 Å². The number of allylic oxidation sites excluding steroid dienone is 1. The Morgan fingerprint density at radius 1 is 1.50 bits per heavy atom. The average molecular weight is 302 g/mol. The summed E-state index contributed by atoms with van der Waals surface area (Å²) in [4.78, 5) is 5.42. The largest absolute Gasteiger partial charge is 0.496 e. The Balaban J connectivity index is 2.40. The minimum atomic E-state index is 0.571. The summed E-state index contributed by atoms with van der Waals surface area (Å²) in [5, 5.41) is 12.0. The zero-order valence-corrected chi connectivity index (χ0v) is 13.1. The van der Waals surface area contributed by atoms with E-state index >= 15 is 0 Å². The molecule has 3 nitrogen and oxygen atoms in total. The summed E-state index contributed by atoms with van der Waals surface area (Å²) in [5.41, 5.74) is 2.44. The predicted octanol–water partition coefficient (Wildman–Crippen LogP) is 4.25. The quantitative estimate of drug-likeness (QED) is 0.626. The first-order valence-corrected chi connectivity index (χ1v) is 8.04. The van der Waals surface area contributed by atoms with Gasteiger partial charge in [-0.2, -0.15) is 5.26 Å². The van der Waals surface area contributed by atoms with Crippen molar-refractivity contribution in [3.8, 4) is 11.8 Å². The molecular formula is C15H14N2OS2. The van der Waals surface area contributed by atoms with Gasteiger partial charge in [0, 0.05) is 16.0 Å². The summed E-state index contributed by atoms with van der Waals surface area (Å²) in [7, 11) is 1.65. The fourth-order valence-corrected chi connectivity index (χ4v) is 3.04. The summed E-state index contributed by atoms with van der Waals surface area (Å²) in [6.07, 6.45) is 3.84. The summed E-state index contributed by atoms with van der Waals surface area (Å²) in [5.74, 6) is 0.818. The van der Waals surface area contributed by atoms with Crippen molar-refractivity contribution in [1.29, 1.82) is 5.26 Å². The van der Waals surface area contributed by atoms with Gasteiger partial charge in [-0.3, -0.25) is 0 Å². The molecular weight excluding hydrogens is 288 g/mol. The molecule has 2 aromatic rings. The Bertz CT molecular complexity index is 683. The van der Waals surface area contributed by atoms with Gasteiger partial charge in [0.15, 0.2) is 0 Å². The third kappa shape index (κ3) is 3.21. The SMILES string of the molecule is COc1cc(/C=C(\C#N)c2nc(C)cs2)ccc1SC. The van der Waals surface area contributed by atoms with E-state index in [4.69, 9.17) is 4.74 Å². The van der Waals surface area contributed by atoms with Crippen molar-refractivity contribution in [3.63, 3.8) is 0 Å². The lowest BCUT2D eigenvalue weighted by Gasteiger charge is -2.06. The minimum Gasteiger partial charge on any atom is -0.496 e. The van der Waals surface area contributed by atoms with Crippen molar-refractivity contribution >= 4 is 34.7 Å². The number of nitrogens with zero attached hydrogens (tertiary/aromatic N) is 2. The molecule has 0 spiro atoms. The Morgan fingerprint density at radius 2 is 2.30 bits per heavy atom. The molecule has 20 heavy (non-hydrogen) atoms. The first-order chi connectivity index (χ1) is 9.67. The average Bonchev–Trinajstić information content (AvgIpc) is 2.90. The summed E-state index contributed by atoms with van der Waals surface area (Å²) in [6.45, 7) is 1.92. The van der Waals surface area contributed by atoms with E-state index in [1.807, 2.05) is 42.8 Å². The maximum Gasteiger partial charge on any atom is 0.134 e. The number of hydrogen-bond donors (Lipinski definition) is 0. The normalized spacial score (nSPS) is 11.2. The van der Waals surface area contributed by atoms with Crippen LogP contribution in [0, 0.1) is 18.3 Å². The Kier molecular flexibility index (Phi) is 4.83.